The van der Waals surface area contributed by atoms with Crippen LogP contribution >= 0.6 is 11.3 Å². The van der Waals surface area contributed by atoms with Gasteiger partial charge in [0, 0.05) is 11.6 Å². The molecule has 3 nitrogen and oxygen atoms in total. The summed E-state index contributed by atoms with van der Waals surface area (Å²) in [6.07, 6.45) is 1.64. The van der Waals surface area contributed by atoms with Crippen molar-refractivity contribution in [1.29, 1.82) is 0 Å². The van der Waals surface area contributed by atoms with Crippen LogP contribution in [0.2, 0.25) is 0 Å². The first-order chi connectivity index (χ1) is 5.25. The van der Waals surface area contributed by atoms with Crippen molar-refractivity contribution in [3.8, 4) is 0 Å². The van der Waals surface area contributed by atoms with Crippen LogP contribution in [0.4, 0.5) is 0 Å². The van der Waals surface area contributed by atoms with Crippen molar-refractivity contribution in [1.82, 2.24) is 4.98 Å². The minimum Gasteiger partial charge on any atom is -0.468 e. The highest BCUT2D eigenvalue weighted by molar-refractivity contribution is 7.09. The number of hydrogen-bond acceptors (Lipinski definition) is 4. The van der Waals surface area contributed by atoms with E-state index in [1.165, 1.54) is 18.4 Å². The largest absolute Gasteiger partial charge is 0.468 e. The van der Waals surface area contributed by atoms with Gasteiger partial charge in [0.05, 0.1) is 7.11 Å². The molecule has 1 unspecified atom stereocenters. The first kappa shape index (κ1) is 8.20. The summed E-state index contributed by atoms with van der Waals surface area (Å²) >= 11 is 1.40. The molecule has 1 rings (SSSR count). The van der Waals surface area contributed by atoms with E-state index in [9.17, 15) is 4.79 Å². The number of aromatic nitrogens is 1. The number of carbonyl (C=O) groups is 1. The molecular weight excluding hydrogens is 162 g/mol. The van der Waals surface area contributed by atoms with Gasteiger partial charge in [0.1, 0.15) is 10.9 Å². The molecular formula is C7H8NO2S. The topological polar surface area (TPSA) is 39.2 Å². The van der Waals surface area contributed by atoms with Crippen LogP contribution in [0.5, 0.6) is 0 Å². The van der Waals surface area contributed by atoms with Gasteiger partial charge in [-0.05, 0) is 6.92 Å². The van der Waals surface area contributed by atoms with Crippen LogP contribution in [0.1, 0.15) is 10.9 Å². The van der Waals surface area contributed by atoms with Gasteiger partial charge in [-0.1, -0.05) is 0 Å². The molecule has 0 amide bonds. The van der Waals surface area contributed by atoms with Crippen LogP contribution in [0.25, 0.3) is 0 Å². The molecule has 1 heterocycles. The quantitative estimate of drug-likeness (QED) is 0.627. The SMILES string of the molecule is [CH2]C(C(=O)OC)c1nccs1. The zero-order valence-electron chi connectivity index (χ0n) is 6.11. The van der Waals surface area contributed by atoms with Crippen molar-refractivity contribution in [3.63, 3.8) is 0 Å². The van der Waals surface area contributed by atoms with E-state index in [0.29, 0.717) is 5.01 Å². The van der Waals surface area contributed by atoms with Gasteiger partial charge in [0.2, 0.25) is 0 Å². The Morgan fingerprint density at radius 2 is 2.64 bits per heavy atom. The molecule has 59 valence electrons. The maximum atomic E-state index is 10.9. The third-order valence-corrected chi connectivity index (χ3v) is 2.12. The lowest BCUT2D eigenvalue weighted by atomic mass is 10.2. The van der Waals surface area contributed by atoms with Crippen LogP contribution in [-0.4, -0.2) is 18.1 Å². The van der Waals surface area contributed by atoms with E-state index in [1.807, 2.05) is 0 Å². The Morgan fingerprint density at radius 1 is 1.91 bits per heavy atom. The molecule has 0 saturated heterocycles. The van der Waals surface area contributed by atoms with Gasteiger partial charge >= 0.3 is 5.97 Å². The van der Waals surface area contributed by atoms with Crippen molar-refractivity contribution in [2.24, 2.45) is 0 Å². The number of ether oxygens (including phenoxy) is 1. The van der Waals surface area contributed by atoms with E-state index in [2.05, 4.69) is 16.6 Å². The van der Waals surface area contributed by atoms with E-state index in [0.717, 1.165) is 0 Å². The Hall–Kier alpha value is -0.900. The first-order valence-corrected chi connectivity index (χ1v) is 3.94. The Bertz CT molecular complexity index is 233. The van der Waals surface area contributed by atoms with E-state index >= 15 is 0 Å². The molecule has 1 aromatic rings. The monoisotopic (exact) mass is 170 g/mol. The highest BCUT2D eigenvalue weighted by Crippen LogP contribution is 2.17. The number of hydrogen-bond donors (Lipinski definition) is 0. The fourth-order valence-corrected chi connectivity index (χ4v) is 1.29. The highest BCUT2D eigenvalue weighted by atomic mass is 32.1. The molecule has 1 atom stereocenters. The summed E-state index contributed by atoms with van der Waals surface area (Å²) in [5, 5.41) is 2.49. The van der Waals surface area contributed by atoms with Gasteiger partial charge in [-0.15, -0.1) is 11.3 Å². The van der Waals surface area contributed by atoms with Crippen LogP contribution in [0.15, 0.2) is 11.6 Å². The van der Waals surface area contributed by atoms with E-state index in [4.69, 9.17) is 0 Å². The molecule has 11 heavy (non-hydrogen) atoms. The van der Waals surface area contributed by atoms with Crippen LogP contribution in [0.3, 0.4) is 0 Å². The summed E-state index contributed by atoms with van der Waals surface area (Å²) in [5.74, 6) is -0.833. The van der Waals surface area contributed by atoms with Crippen LogP contribution in [0, 0.1) is 6.92 Å². The minimum atomic E-state index is -0.486. The van der Waals surface area contributed by atoms with Crippen LogP contribution in [-0.2, 0) is 9.53 Å². The Kier molecular flexibility index (Phi) is 2.59. The summed E-state index contributed by atoms with van der Waals surface area (Å²) in [6.45, 7) is 3.62. The maximum Gasteiger partial charge on any atom is 0.315 e. The summed E-state index contributed by atoms with van der Waals surface area (Å²) in [7, 11) is 1.34. The molecule has 4 heteroatoms. The van der Waals surface area contributed by atoms with Gasteiger partial charge in [0.15, 0.2) is 0 Å². The first-order valence-electron chi connectivity index (χ1n) is 3.06. The predicted octanol–water partition coefficient (Wildman–Crippen LogP) is 1.23. The molecule has 1 radical (unpaired) electrons. The van der Waals surface area contributed by atoms with Gasteiger partial charge < -0.3 is 4.74 Å². The third kappa shape index (κ3) is 1.77. The molecule has 0 bridgehead atoms. The lowest BCUT2D eigenvalue weighted by Crippen LogP contribution is -2.10. The molecule has 0 aromatic carbocycles. The third-order valence-electron chi connectivity index (χ3n) is 1.24. The summed E-state index contributed by atoms with van der Waals surface area (Å²) in [5.41, 5.74) is 0. The van der Waals surface area contributed by atoms with E-state index < -0.39 is 5.92 Å². The van der Waals surface area contributed by atoms with Crippen molar-refractivity contribution in [2.45, 2.75) is 5.92 Å². The molecule has 0 aliphatic heterocycles. The number of carbonyl (C=O) groups excluding carboxylic acids is 1. The smallest absolute Gasteiger partial charge is 0.315 e. The van der Waals surface area contributed by atoms with E-state index in [1.54, 1.807) is 11.6 Å². The Morgan fingerprint density at radius 3 is 3.09 bits per heavy atom. The summed E-state index contributed by atoms with van der Waals surface area (Å²) in [4.78, 5) is 14.8. The van der Waals surface area contributed by atoms with E-state index in [-0.39, 0.29) is 5.97 Å². The summed E-state index contributed by atoms with van der Waals surface area (Å²) < 4.78 is 4.50. The zero-order valence-corrected chi connectivity index (χ0v) is 6.93. The maximum absolute atomic E-state index is 10.9. The average Bonchev–Trinajstić information content (AvgIpc) is 2.53. The van der Waals surface area contributed by atoms with Gasteiger partial charge in [-0.3, -0.25) is 4.79 Å². The molecule has 0 saturated carbocycles. The number of esters is 1. The molecule has 0 aliphatic rings. The van der Waals surface area contributed by atoms with Gasteiger partial charge in [0.25, 0.3) is 0 Å². The average molecular weight is 170 g/mol. The zero-order chi connectivity index (χ0) is 8.27. The molecule has 0 spiro atoms. The summed E-state index contributed by atoms with van der Waals surface area (Å²) in [6, 6.07) is 0. The minimum absolute atomic E-state index is 0.347. The van der Waals surface area contributed by atoms with Crippen molar-refractivity contribution in [2.75, 3.05) is 7.11 Å². The number of rotatable bonds is 2. The molecule has 0 aliphatic carbocycles. The highest BCUT2D eigenvalue weighted by Gasteiger charge is 2.17. The predicted molar refractivity (Wildman–Crippen MR) is 42.2 cm³/mol. The van der Waals surface area contributed by atoms with Crippen LogP contribution < -0.4 is 0 Å². The second-order valence-electron chi connectivity index (χ2n) is 1.95. The second kappa shape index (κ2) is 3.48. The molecule has 0 N–H and O–H groups in total. The standard InChI is InChI=1S/C7H8NO2S/c1-5(7(9)10-2)6-8-3-4-11-6/h3-5H,1H2,2H3. The number of nitrogens with zero attached hydrogens (tertiary/aromatic N) is 1. The lowest BCUT2D eigenvalue weighted by Gasteiger charge is -2.03. The normalized spacial score (nSPS) is 12.5. The Balaban J connectivity index is 2.70. The fourth-order valence-electron chi connectivity index (χ4n) is 0.650. The number of thiazole rings is 1. The fraction of sp³-hybridized carbons (Fsp3) is 0.286. The van der Waals surface area contributed by atoms with Crippen molar-refractivity contribution >= 4 is 17.3 Å². The van der Waals surface area contributed by atoms with Gasteiger partial charge in [-0.2, -0.15) is 0 Å². The van der Waals surface area contributed by atoms with Crippen molar-refractivity contribution < 1.29 is 9.53 Å². The number of methoxy groups -OCH3 is 1. The van der Waals surface area contributed by atoms with Crippen molar-refractivity contribution in [3.05, 3.63) is 23.5 Å². The van der Waals surface area contributed by atoms with Gasteiger partial charge in [-0.25, -0.2) is 4.98 Å². The molecule has 0 fully saturated rings. The Labute approximate surface area is 69.0 Å². The molecule has 1 aromatic heterocycles. The lowest BCUT2D eigenvalue weighted by molar-refractivity contribution is -0.141. The second-order valence-corrected chi connectivity index (χ2v) is 2.87.